The van der Waals surface area contributed by atoms with E-state index in [1.807, 2.05) is 0 Å². The van der Waals surface area contributed by atoms with Crippen LogP contribution in [0.25, 0.3) is 0 Å². The number of rotatable bonds is 4. The molecule has 94 valence electrons. The van der Waals surface area contributed by atoms with Gasteiger partial charge in [0.25, 0.3) is 0 Å². The topological polar surface area (TPSA) is 12.0 Å². The fraction of sp³-hybridized carbons (Fsp3) is 1.00. The third kappa shape index (κ3) is 3.33. The highest BCUT2D eigenvalue weighted by Gasteiger charge is 2.31. The zero-order chi connectivity index (χ0) is 11.4. The Hall–Kier alpha value is 0.660. The molecule has 1 nitrogen and oxygen atoms in total. The summed E-state index contributed by atoms with van der Waals surface area (Å²) in [6.07, 6.45) is 7.08. The minimum atomic E-state index is 0.779. The molecule has 2 rings (SSSR count). The molecule has 4 atom stereocenters. The number of hydrogen-bond acceptors (Lipinski definition) is 3. The third-order valence-electron chi connectivity index (χ3n) is 3.87. The molecule has 1 saturated heterocycles. The van der Waals surface area contributed by atoms with Gasteiger partial charge in [0.1, 0.15) is 0 Å². The molecule has 1 saturated carbocycles. The van der Waals surface area contributed by atoms with Crippen LogP contribution in [-0.2, 0) is 0 Å². The van der Waals surface area contributed by atoms with E-state index in [9.17, 15) is 0 Å². The molecule has 0 spiro atoms. The van der Waals surface area contributed by atoms with E-state index in [2.05, 4.69) is 42.7 Å². The van der Waals surface area contributed by atoms with Crippen molar-refractivity contribution >= 4 is 23.5 Å². The van der Waals surface area contributed by atoms with Gasteiger partial charge in [-0.25, -0.2) is 0 Å². The van der Waals surface area contributed by atoms with Crippen LogP contribution in [0.3, 0.4) is 0 Å². The van der Waals surface area contributed by atoms with Crippen LogP contribution in [0.5, 0.6) is 0 Å². The van der Waals surface area contributed by atoms with Gasteiger partial charge in [-0.15, -0.1) is 0 Å². The van der Waals surface area contributed by atoms with Crippen molar-refractivity contribution in [2.45, 2.75) is 68.5 Å². The Bertz CT molecular complexity index is 210. The smallest absolute Gasteiger partial charge is 0.0201 e. The Morgan fingerprint density at radius 2 is 2.00 bits per heavy atom. The number of thioether (sulfide) groups is 2. The highest BCUT2D eigenvalue weighted by Crippen LogP contribution is 2.32. The molecule has 1 aliphatic carbocycles. The van der Waals surface area contributed by atoms with E-state index < -0.39 is 0 Å². The minimum Gasteiger partial charge on any atom is -0.309 e. The first-order valence-corrected chi connectivity index (χ1v) is 8.90. The third-order valence-corrected chi connectivity index (χ3v) is 6.57. The maximum Gasteiger partial charge on any atom is 0.0201 e. The van der Waals surface area contributed by atoms with Crippen LogP contribution in [-0.4, -0.2) is 34.1 Å². The van der Waals surface area contributed by atoms with Crippen molar-refractivity contribution < 1.29 is 0 Å². The fourth-order valence-corrected chi connectivity index (χ4v) is 5.31. The van der Waals surface area contributed by atoms with Gasteiger partial charge in [0.15, 0.2) is 0 Å². The molecule has 0 aromatic rings. The summed E-state index contributed by atoms with van der Waals surface area (Å²) in [5.74, 6) is 2.65. The van der Waals surface area contributed by atoms with Gasteiger partial charge in [0.05, 0.1) is 0 Å². The molecule has 2 fully saturated rings. The fourth-order valence-electron chi connectivity index (χ4n) is 2.95. The standard InChI is InChI=1S/C13H25NS2/c1-3-15-13-8-4-6-12(13)14-11-7-5-9-16-10(11)2/h10-14H,3-9H2,1-2H3. The molecule has 0 amide bonds. The molecule has 1 heterocycles. The van der Waals surface area contributed by atoms with Crippen molar-refractivity contribution in [3.8, 4) is 0 Å². The van der Waals surface area contributed by atoms with Gasteiger partial charge in [0.2, 0.25) is 0 Å². The lowest BCUT2D eigenvalue weighted by Crippen LogP contribution is -2.47. The van der Waals surface area contributed by atoms with E-state index in [0.717, 1.165) is 22.6 Å². The molecular formula is C13H25NS2. The highest BCUT2D eigenvalue weighted by atomic mass is 32.2. The first-order valence-electron chi connectivity index (χ1n) is 6.80. The lowest BCUT2D eigenvalue weighted by atomic mass is 10.1. The van der Waals surface area contributed by atoms with Gasteiger partial charge < -0.3 is 5.32 Å². The average Bonchev–Trinajstić information content (AvgIpc) is 2.70. The van der Waals surface area contributed by atoms with Crippen molar-refractivity contribution in [3.05, 3.63) is 0 Å². The lowest BCUT2D eigenvalue weighted by Gasteiger charge is -2.33. The number of hydrogen-bond donors (Lipinski definition) is 1. The van der Waals surface area contributed by atoms with Crippen LogP contribution in [0.15, 0.2) is 0 Å². The molecule has 1 N–H and O–H groups in total. The highest BCUT2D eigenvalue weighted by molar-refractivity contribution is 8.00. The van der Waals surface area contributed by atoms with Crippen LogP contribution in [0.2, 0.25) is 0 Å². The second-order valence-corrected chi connectivity index (χ2v) is 8.02. The minimum absolute atomic E-state index is 0.779. The van der Waals surface area contributed by atoms with Crippen molar-refractivity contribution in [1.82, 2.24) is 5.32 Å². The first kappa shape index (κ1) is 13.1. The average molecular weight is 259 g/mol. The molecule has 2 aliphatic rings. The van der Waals surface area contributed by atoms with E-state index in [4.69, 9.17) is 0 Å². The van der Waals surface area contributed by atoms with E-state index in [1.54, 1.807) is 0 Å². The molecule has 0 radical (unpaired) electrons. The van der Waals surface area contributed by atoms with Crippen LogP contribution < -0.4 is 5.32 Å². The molecule has 1 aliphatic heterocycles. The number of nitrogens with one attached hydrogen (secondary N) is 1. The van der Waals surface area contributed by atoms with Gasteiger partial charge >= 0.3 is 0 Å². The van der Waals surface area contributed by atoms with Gasteiger partial charge in [-0.05, 0) is 37.2 Å². The zero-order valence-corrected chi connectivity index (χ0v) is 12.2. The van der Waals surface area contributed by atoms with Crippen LogP contribution in [0, 0.1) is 0 Å². The molecule has 16 heavy (non-hydrogen) atoms. The molecule has 3 heteroatoms. The maximum atomic E-state index is 3.96. The summed E-state index contributed by atoms with van der Waals surface area (Å²) >= 11 is 4.32. The second kappa shape index (κ2) is 6.55. The van der Waals surface area contributed by atoms with Gasteiger partial charge in [0, 0.05) is 22.6 Å². The summed E-state index contributed by atoms with van der Waals surface area (Å²) in [5, 5.41) is 5.67. The van der Waals surface area contributed by atoms with Crippen molar-refractivity contribution in [2.75, 3.05) is 11.5 Å². The van der Waals surface area contributed by atoms with Gasteiger partial charge in [-0.2, -0.15) is 23.5 Å². The summed E-state index contributed by atoms with van der Waals surface area (Å²) in [6, 6.07) is 1.58. The summed E-state index contributed by atoms with van der Waals surface area (Å²) in [5.41, 5.74) is 0. The summed E-state index contributed by atoms with van der Waals surface area (Å²) in [4.78, 5) is 0. The second-order valence-electron chi connectivity index (χ2n) is 5.02. The van der Waals surface area contributed by atoms with Crippen LogP contribution in [0.4, 0.5) is 0 Å². The first-order chi connectivity index (χ1) is 7.81. The van der Waals surface area contributed by atoms with Crippen molar-refractivity contribution in [1.29, 1.82) is 0 Å². The molecular weight excluding hydrogens is 234 g/mol. The molecule has 0 aromatic heterocycles. The van der Waals surface area contributed by atoms with Crippen LogP contribution >= 0.6 is 23.5 Å². The zero-order valence-electron chi connectivity index (χ0n) is 10.6. The molecule has 0 aromatic carbocycles. The van der Waals surface area contributed by atoms with Gasteiger partial charge in [-0.1, -0.05) is 20.3 Å². The summed E-state index contributed by atoms with van der Waals surface area (Å²) < 4.78 is 0. The van der Waals surface area contributed by atoms with Crippen molar-refractivity contribution in [2.24, 2.45) is 0 Å². The SMILES string of the molecule is CCSC1CCCC1NC1CCCSC1C. The monoisotopic (exact) mass is 259 g/mol. The lowest BCUT2D eigenvalue weighted by molar-refractivity contribution is 0.402. The Morgan fingerprint density at radius 1 is 1.19 bits per heavy atom. The molecule has 0 bridgehead atoms. The van der Waals surface area contributed by atoms with E-state index in [1.165, 1.54) is 43.6 Å². The largest absolute Gasteiger partial charge is 0.309 e. The Labute approximate surface area is 109 Å². The quantitative estimate of drug-likeness (QED) is 0.829. The predicted octanol–water partition coefficient (Wildman–Crippen LogP) is 3.53. The van der Waals surface area contributed by atoms with Crippen molar-refractivity contribution in [3.63, 3.8) is 0 Å². The van der Waals surface area contributed by atoms with E-state index in [0.29, 0.717) is 0 Å². The summed E-state index contributed by atoms with van der Waals surface area (Å²) in [6.45, 7) is 4.69. The van der Waals surface area contributed by atoms with Gasteiger partial charge in [-0.3, -0.25) is 0 Å². The van der Waals surface area contributed by atoms with E-state index >= 15 is 0 Å². The van der Waals surface area contributed by atoms with E-state index in [-0.39, 0.29) is 0 Å². The Kier molecular flexibility index (Phi) is 5.37. The Morgan fingerprint density at radius 3 is 2.75 bits per heavy atom. The normalized spacial score (nSPS) is 40.1. The Balaban J connectivity index is 1.82. The maximum absolute atomic E-state index is 3.96. The molecule has 4 unspecified atom stereocenters. The predicted molar refractivity (Wildman–Crippen MR) is 77.6 cm³/mol. The van der Waals surface area contributed by atoms with Crippen LogP contribution in [0.1, 0.15) is 46.0 Å². The summed E-state index contributed by atoms with van der Waals surface area (Å²) in [7, 11) is 0.